The van der Waals surface area contributed by atoms with Gasteiger partial charge in [-0.05, 0) is 38.4 Å². The Kier molecular flexibility index (Phi) is 3.29. The monoisotopic (exact) mass is 229 g/mol. The summed E-state index contributed by atoms with van der Waals surface area (Å²) in [6.45, 7) is 7.02. The molecule has 0 fully saturated rings. The number of hydrogen-bond acceptors (Lipinski definition) is 2. The largest absolute Gasteiger partial charge is 0.342 e. The van der Waals surface area contributed by atoms with Crippen LogP contribution in [0.4, 0.5) is 0 Å². The van der Waals surface area contributed by atoms with E-state index in [2.05, 4.69) is 42.9 Å². The summed E-state index contributed by atoms with van der Waals surface area (Å²) in [6, 6.07) is 4.40. The molecule has 0 bridgehead atoms. The highest BCUT2D eigenvalue weighted by molar-refractivity contribution is 5.67. The van der Waals surface area contributed by atoms with E-state index in [0.29, 0.717) is 6.54 Å². The second-order valence-electron chi connectivity index (χ2n) is 4.56. The molecule has 0 radical (unpaired) electrons. The number of nitrogens with zero attached hydrogens (tertiary/aromatic N) is 1. The zero-order valence-electron chi connectivity index (χ0n) is 10.7. The zero-order chi connectivity index (χ0) is 12.4. The van der Waals surface area contributed by atoms with Gasteiger partial charge in [0, 0.05) is 12.0 Å². The lowest BCUT2D eigenvalue weighted by molar-refractivity contribution is 0.895. The molecule has 0 spiro atoms. The molecule has 3 heteroatoms. The summed E-state index contributed by atoms with van der Waals surface area (Å²) >= 11 is 0. The highest BCUT2D eigenvalue weighted by Crippen LogP contribution is 2.26. The maximum Gasteiger partial charge on any atom is 0.107 e. The summed E-state index contributed by atoms with van der Waals surface area (Å²) in [7, 11) is 0. The van der Waals surface area contributed by atoms with Crippen LogP contribution in [0.2, 0.25) is 0 Å². The lowest BCUT2D eigenvalue weighted by Crippen LogP contribution is -2.03. The van der Waals surface area contributed by atoms with Crippen LogP contribution in [0.25, 0.3) is 11.3 Å². The molecule has 1 aromatic carbocycles. The topological polar surface area (TPSA) is 54.7 Å². The van der Waals surface area contributed by atoms with Gasteiger partial charge in [-0.2, -0.15) is 0 Å². The third kappa shape index (κ3) is 2.39. The number of H-pyrrole nitrogens is 1. The molecular formula is C14H19N3. The van der Waals surface area contributed by atoms with Crippen molar-refractivity contribution in [1.82, 2.24) is 9.97 Å². The smallest absolute Gasteiger partial charge is 0.107 e. The summed E-state index contributed by atoms with van der Waals surface area (Å²) in [4.78, 5) is 7.69. The van der Waals surface area contributed by atoms with Gasteiger partial charge in [0.05, 0.1) is 11.9 Å². The molecule has 0 aliphatic rings. The van der Waals surface area contributed by atoms with Gasteiger partial charge >= 0.3 is 0 Å². The number of aryl methyl sites for hydroxylation is 3. The number of aromatic nitrogens is 2. The number of rotatable bonds is 3. The van der Waals surface area contributed by atoms with Crippen LogP contribution in [0.3, 0.4) is 0 Å². The van der Waals surface area contributed by atoms with Crippen molar-refractivity contribution >= 4 is 0 Å². The average molecular weight is 229 g/mol. The van der Waals surface area contributed by atoms with Gasteiger partial charge in [-0.3, -0.25) is 0 Å². The first-order valence-electron chi connectivity index (χ1n) is 5.94. The normalized spacial score (nSPS) is 10.8. The number of aromatic amines is 1. The molecule has 0 aliphatic heterocycles. The fraction of sp³-hybridized carbons (Fsp3) is 0.357. The summed E-state index contributed by atoms with van der Waals surface area (Å²) < 4.78 is 0. The van der Waals surface area contributed by atoms with Crippen LogP contribution in [-0.4, -0.2) is 16.5 Å². The molecule has 0 saturated carbocycles. The lowest BCUT2D eigenvalue weighted by atomic mass is 9.98. The number of nitrogens with two attached hydrogens (primary N) is 1. The van der Waals surface area contributed by atoms with E-state index in [9.17, 15) is 0 Å². The molecule has 1 aromatic heterocycles. The van der Waals surface area contributed by atoms with Crippen molar-refractivity contribution in [3.8, 4) is 11.3 Å². The number of nitrogens with one attached hydrogen (secondary N) is 1. The minimum Gasteiger partial charge on any atom is -0.342 e. The Labute approximate surface area is 102 Å². The SMILES string of the molecule is Cc1cc(C)c(-c2cnc(CCN)[nH]2)c(C)c1. The van der Waals surface area contributed by atoms with Crippen LogP contribution >= 0.6 is 0 Å². The Balaban J connectivity index is 2.45. The predicted molar refractivity (Wildman–Crippen MR) is 71.0 cm³/mol. The highest BCUT2D eigenvalue weighted by atomic mass is 14.9. The van der Waals surface area contributed by atoms with E-state index in [0.717, 1.165) is 17.9 Å². The van der Waals surface area contributed by atoms with Gasteiger partial charge in [-0.25, -0.2) is 4.98 Å². The molecule has 0 amide bonds. The molecule has 0 atom stereocenters. The van der Waals surface area contributed by atoms with E-state index in [-0.39, 0.29) is 0 Å². The van der Waals surface area contributed by atoms with E-state index in [1.54, 1.807) is 0 Å². The van der Waals surface area contributed by atoms with Crippen molar-refractivity contribution in [2.24, 2.45) is 5.73 Å². The minimum atomic E-state index is 0.624. The van der Waals surface area contributed by atoms with E-state index in [4.69, 9.17) is 5.73 Å². The molecule has 3 N–H and O–H groups in total. The fourth-order valence-electron chi connectivity index (χ4n) is 2.36. The molecule has 2 rings (SSSR count). The Bertz CT molecular complexity index is 503. The highest BCUT2D eigenvalue weighted by Gasteiger charge is 2.09. The van der Waals surface area contributed by atoms with E-state index in [1.165, 1.54) is 22.3 Å². The standard InChI is InChI=1S/C14H19N3/c1-9-6-10(2)14(11(3)7-9)12-8-16-13(17-12)4-5-15/h6-8H,4-5,15H2,1-3H3,(H,16,17). The van der Waals surface area contributed by atoms with Gasteiger partial charge in [0.25, 0.3) is 0 Å². The molecule has 3 nitrogen and oxygen atoms in total. The van der Waals surface area contributed by atoms with Crippen molar-refractivity contribution in [2.75, 3.05) is 6.54 Å². The molecule has 0 unspecified atom stereocenters. The number of imidazole rings is 1. The number of hydrogen-bond donors (Lipinski definition) is 2. The third-order valence-electron chi connectivity index (χ3n) is 2.96. The third-order valence-corrected chi connectivity index (χ3v) is 2.96. The zero-order valence-corrected chi connectivity index (χ0v) is 10.7. The Hall–Kier alpha value is -1.61. The first kappa shape index (κ1) is 11.9. The van der Waals surface area contributed by atoms with Gasteiger partial charge < -0.3 is 10.7 Å². The van der Waals surface area contributed by atoms with Crippen LogP contribution < -0.4 is 5.73 Å². The van der Waals surface area contributed by atoms with Gasteiger partial charge in [0.1, 0.15) is 5.82 Å². The first-order valence-corrected chi connectivity index (χ1v) is 5.94. The van der Waals surface area contributed by atoms with Crippen molar-refractivity contribution in [3.05, 3.63) is 40.8 Å². The van der Waals surface area contributed by atoms with Crippen molar-refractivity contribution in [2.45, 2.75) is 27.2 Å². The van der Waals surface area contributed by atoms with E-state index < -0.39 is 0 Å². The van der Waals surface area contributed by atoms with Crippen LogP contribution in [0.5, 0.6) is 0 Å². The Morgan fingerprint density at radius 2 is 1.82 bits per heavy atom. The van der Waals surface area contributed by atoms with Crippen LogP contribution in [-0.2, 0) is 6.42 Å². The minimum absolute atomic E-state index is 0.624. The second kappa shape index (κ2) is 4.72. The summed E-state index contributed by atoms with van der Waals surface area (Å²) in [5, 5.41) is 0. The summed E-state index contributed by atoms with van der Waals surface area (Å²) in [5.41, 5.74) is 11.7. The van der Waals surface area contributed by atoms with E-state index in [1.807, 2.05) is 6.20 Å². The van der Waals surface area contributed by atoms with Gasteiger partial charge in [0.2, 0.25) is 0 Å². The quantitative estimate of drug-likeness (QED) is 0.849. The Morgan fingerprint density at radius 3 is 2.41 bits per heavy atom. The van der Waals surface area contributed by atoms with Gasteiger partial charge in [-0.15, -0.1) is 0 Å². The van der Waals surface area contributed by atoms with Gasteiger partial charge in [-0.1, -0.05) is 17.7 Å². The van der Waals surface area contributed by atoms with Crippen LogP contribution in [0, 0.1) is 20.8 Å². The lowest BCUT2D eigenvalue weighted by Gasteiger charge is -2.09. The summed E-state index contributed by atoms with van der Waals surface area (Å²) in [5.74, 6) is 0.960. The van der Waals surface area contributed by atoms with Crippen molar-refractivity contribution in [3.63, 3.8) is 0 Å². The molecule has 17 heavy (non-hydrogen) atoms. The predicted octanol–water partition coefficient (Wildman–Crippen LogP) is 2.50. The Morgan fingerprint density at radius 1 is 1.18 bits per heavy atom. The van der Waals surface area contributed by atoms with Crippen LogP contribution in [0.1, 0.15) is 22.5 Å². The average Bonchev–Trinajstić information content (AvgIpc) is 2.65. The molecule has 2 aromatic rings. The van der Waals surface area contributed by atoms with Crippen LogP contribution in [0.15, 0.2) is 18.3 Å². The summed E-state index contributed by atoms with van der Waals surface area (Å²) in [6.07, 6.45) is 2.69. The molecule has 0 aliphatic carbocycles. The molecule has 1 heterocycles. The van der Waals surface area contributed by atoms with Gasteiger partial charge in [0.15, 0.2) is 0 Å². The molecule has 90 valence electrons. The van der Waals surface area contributed by atoms with Crippen molar-refractivity contribution < 1.29 is 0 Å². The molecule has 0 saturated heterocycles. The maximum atomic E-state index is 5.53. The molecular weight excluding hydrogens is 210 g/mol. The first-order chi connectivity index (χ1) is 8.11. The van der Waals surface area contributed by atoms with E-state index >= 15 is 0 Å². The number of benzene rings is 1. The van der Waals surface area contributed by atoms with Crippen molar-refractivity contribution in [1.29, 1.82) is 0 Å². The maximum absolute atomic E-state index is 5.53. The second-order valence-corrected chi connectivity index (χ2v) is 4.56. The fourth-order valence-corrected chi connectivity index (χ4v) is 2.36.